The maximum absolute atomic E-state index is 11.9. The second-order valence-electron chi connectivity index (χ2n) is 6.75. The summed E-state index contributed by atoms with van der Waals surface area (Å²) in [6.07, 6.45) is 6.40. The first-order valence-electron chi connectivity index (χ1n) is 9.72. The Kier molecular flexibility index (Phi) is 8.85. The van der Waals surface area contributed by atoms with E-state index in [9.17, 15) is 19.8 Å². The van der Waals surface area contributed by atoms with Crippen molar-refractivity contribution >= 4 is 23.2 Å². The number of anilines is 2. The van der Waals surface area contributed by atoms with Crippen LogP contribution in [0, 0.1) is 0 Å². The van der Waals surface area contributed by atoms with Gasteiger partial charge in [0.15, 0.2) is 0 Å². The molecule has 0 spiro atoms. The second-order valence-corrected chi connectivity index (χ2v) is 6.75. The molecule has 2 rings (SSSR count). The number of nitrogens with one attached hydrogen (secondary N) is 2. The van der Waals surface area contributed by atoms with Crippen molar-refractivity contribution in [1.29, 1.82) is 0 Å². The first-order valence-corrected chi connectivity index (χ1v) is 9.72. The van der Waals surface area contributed by atoms with E-state index in [2.05, 4.69) is 10.6 Å². The minimum Gasteiger partial charge on any atom is -0.506 e. The van der Waals surface area contributed by atoms with Crippen molar-refractivity contribution in [3.8, 4) is 11.5 Å². The normalized spacial score (nSPS) is 10.4. The number of aromatic hydroxyl groups is 2. The molecular weight excluding hydrogens is 356 g/mol. The third-order valence-electron chi connectivity index (χ3n) is 4.41. The van der Waals surface area contributed by atoms with Crippen LogP contribution in [0.25, 0.3) is 0 Å². The Balaban J connectivity index is 1.48. The van der Waals surface area contributed by atoms with Crippen LogP contribution < -0.4 is 10.6 Å². The third-order valence-corrected chi connectivity index (χ3v) is 4.41. The van der Waals surface area contributed by atoms with Gasteiger partial charge in [-0.3, -0.25) is 9.59 Å². The summed E-state index contributed by atoms with van der Waals surface area (Å²) in [5.74, 6) is -0.0469. The van der Waals surface area contributed by atoms with Crippen LogP contribution in [0.1, 0.15) is 51.4 Å². The highest BCUT2D eigenvalue weighted by molar-refractivity contribution is 5.92. The summed E-state index contributed by atoms with van der Waals surface area (Å²) in [5, 5.41) is 24.7. The van der Waals surface area contributed by atoms with Gasteiger partial charge in [0.1, 0.15) is 11.5 Å². The highest BCUT2D eigenvalue weighted by atomic mass is 16.3. The molecule has 0 aromatic heterocycles. The van der Waals surface area contributed by atoms with Crippen molar-refractivity contribution in [2.75, 3.05) is 10.6 Å². The molecular formula is C22H28N2O4. The van der Waals surface area contributed by atoms with Crippen molar-refractivity contribution < 1.29 is 19.8 Å². The molecule has 2 amide bonds. The number of carbonyl (C=O) groups is 2. The maximum Gasteiger partial charge on any atom is 0.224 e. The van der Waals surface area contributed by atoms with E-state index in [1.54, 1.807) is 48.5 Å². The van der Waals surface area contributed by atoms with Crippen LogP contribution in [-0.2, 0) is 9.59 Å². The number of hydrogen-bond acceptors (Lipinski definition) is 4. The Morgan fingerprint density at radius 3 is 1.36 bits per heavy atom. The summed E-state index contributed by atoms with van der Waals surface area (Å²) >= 11 is 0. The number of benzene rings is 2. The fraction of sp³-hybridized carbons (Fsp3) is 0.364. The molecule has 0 atom stereocenters. The first-order chi connectivity index (χ1) is 13.6. The lowest BCUT2D eigenvalue weighted by Gasteiger charge is -2.07. The van der Waals surface area contributed by atoms with Gasteiger partial charge >= 0.3 is 0 Å². The van der Waals surface area contributed by atoms with Crippen LogP contribution in [-0.4, -0.2) is 22.0 Å². The molecule has 0 aliphatic rings. The number of carbonyl (C=O) groups excluding carboxylic acids is 2. The highest BCUT2D eigenvalue weighted by Crippen LogP contribution is 2.23. The third kappa shape index (κ3) is 7.70. The summed E-state index contributed by atoms with van der Waals surface area (Å²) in [6, 6.07) is 13.4. The van der Waals surface area contributed by atoms with Gasteiger partial charge in [-0.1, -0.05) is 49.9 Å². The molecule has 4 N–H and O–H groups in total. The van der Waals surface area contributed by atoms with Crippen LogP contribution in [0.15, 0.2) is 48.5 Å². The lowest BCUT2D eigenvalue weighted by atomic mass is 10.1. The fourth-order valence-corrected chi connectivity index (χ4v) is 2.86. The molecule has 0 fully saturated rings. The molecule has 0 aliphatic carbocycles. The maximum atomic E-state index is 11.9. The van der Waals surface area contributed by atoms with Gasteiger partial charge in [0.2, 0.25) is 11.8 Å². The molecule has 150 valence electrons. The Bertz CT molecular complexity index is 711. The smallest absolute Gasteiger partial charge is 0.224 e. The molecule has 0 saturated heterocycles. The predicted octanol–water partition coefficient (Wildman–Crippen LogP) is 4.80. The van der Waals surface area contributed by atoms with Gasteiger partial charge in [-0.25, -0.2) is 0 Å². The van der Waals surface area contributed by atoms with Gasteiger partial charge in [0.05, 0.1) is 11.4 Å². The number of phenols is 2. The van der Waals surface area contributed by atoms with E-state index in [1.807, 2.05) is 0 Å². The topological polar surface area (TPSA) is 98.7 Å². The summed E-state index contributed by atoms with van der Waals surface area (Å²) in [7, 11) is 0. The van der Waals surface area contributed by atoms with E-state index < -0.39 is 0 Å². The van der Waals surface area contributed by atoms with E-state index in [-0.39, 0.29) is 23.3 Å². The zero-order chi connectivity index (χ0) is 20.2. The van der Waals surface area contributed by atoms with Gasteiger partial charge in [0.25, 0.3) is 0 Å². The molecule has 28 heavy (non-hydrogen) atoms. The fourth-order valence-electron chi connectivity index (χ4n) is 2.86. The van der Waals surface area contributed by atoms with Gasteiger partial charge in [0, 0.05) is 12.8 Å². The number of amides is 2. The molecule has 0 radical (unpaired) electrons. The summed E-state index contributed by atoms with van der Waals surface area (Å²) in [6.45, 7) is 0. The van der Waals surface area contributed by atoms with Gasteiger partial charge in [-0.2, -0.15) is 0 Å². The second kappa shape index (κ2) is 11.6. The van der Waals surface area contributed by atoms with Crippen LogP contribution in [0.2, 0.25) is 0 Å². The Hall–Kier alpha value is -3.02. The molecule has 0 aliphatic heterocycles. The largest absolute Gasteiger partial charge is 0.506 e. The van der Waals surface area contributed by atoms with E-state index in [4.69, 9.17) is 0 Å². The van der Waals surface area contributed by atoms with Crippen LogP contribution in [0.4, 0.5) is 11.4 Å². The zero-order valence-electron chi connectivity index (χ0n) is 16.0. The van der Waals surface area contributed by atoms with Gasteiger partial charge < -0.3 is 20.8 Å². The minimum atomic E-state index is -0.0951. The van der Waals surface area contributed by atoms with E-state index in [1.165, 1.54) is 0 Å². The summed E-state index contributed by atoms with van der Waals surface area (Å²) in [4.78, 5) is 23.7. The number of unbranched alkanes of at least 4 members (excludes halogenated alkanes) is 5. The van der Waals surface area contributed by atoms with Crippen LogP contribution in [0.3, 0.4) is 0 Å². The molecule has 6 heteroatoms. The quantitative estimate of drug-likeness (QED) is 0.330. The average molecular weight is 384 g/mol. The highest BCUT2D eigenvalue weighted by Gasteiger charge is 2.06. The molecule has 2 aromatic carbocycles. The van der Waals surface area contributed by atoms with Crippen LogP contribution >= 0.6 is 0 Å². The van der Waals surface area contributed by atoms with E-state index in [0.29, 0.717) is 24.2 Å². The van der Waals surface area contributed by atoms with Crippen molar-refractivity contribution in [3.63, 3.8) is 0 Å². The molecule has 0 bridgehead atoms. The Morgan fingerprint density at radius 2 is 0.964 bits per heavy atom. The SMILES string of the molecule is O=C(CCCCCCCCC(=O)Nc1ccccc1O)Nc1ccccc1O. The number of rotatable bonds is 11. The molecule has 0 unspecified atom stereocenters. The number of hydrogen-bond donors (Lipinski definition) is 4. The minimum absolute atomic E-state index is 0.0716. The van der Waals surface area contributed by atoms with Gasteiger partial charge in [-0.05, 0) is 37.1 Å². The van der Waals surface area contributed by atoms with Gasteiger partial charge in [-0.15, -0.1) is 0 Å². The van der Waals surface area contributed by atoms with Crippen LogP contribution in [0.5, 0.6) is 11.5 Å². The molecule has 0 saturated carbocycles. The van der Waals surface area contributed by atoms with E-state index in [0.717, 1.165) is 38.5 Å². The summed E-state index contributed by atoms with van der Waals surface area (Å²) in [5.41, 5.74) is 0.879. The lowest BCUT2D eigenvalue weighted by Crippen LogP contribution is -2.11. The average Bonchev–Trinajstić information content (AvgIpc) is 2.67. The zero-order valence-corrected chi connectivity index (χ0v) is 16.0. The lowest BCUT2D eigenvalue weighted by molar-refractivity contribution is -0.117. The van der Waals surface area contributed by atoms with Crippen molar-refractivity contribution in [2.45, 2.75) is 51.4 Å². The molecule has 6 nitrogen and oxygen atoms in total. The first kappa shape index (κ1) is 21.3. The van der Waals surface area contributed by atoms with Crippen molar-refractivity contribution in [2.24, 2.45) is 0 Å². The number of phenolic OH excluding ortho intramolecular Hbond substituents is 2. The van der Waals surface area contributed by atoms with Crippen molar-refractivity contribution in [3.05, 3.63) is 48.5 Å². The summed E-state index contributed by atoms with van der Waals surface area (Å²) < 4.78 is 0. The standard InChI is InChI=1S/C22H28N2O4/c25-19-13-9-7-11-17(19)23-21(27)15-5-3-1-2-4-6-16-22(28)24-18-12-8-10-14-20(18)26/h7-14,25-26H,1-6,15-16H2,(H,23,27)(H,24,28). The Morgan fingerprint density at radius 1 is 0.607 bits per heavy atom. The number of para-hydroxylation sites is 4. The molecule has 2 aromatic rings. The molecule has 0 heterocycles. The Labute approximate surface area is 165 Å². The van der Waals surface area contributed by atoms with Crippen molar-refractivity contribution in [1.82, 2.24) is 0 Å². The van der Waals surface area contributed by atoms with E-state index >= 15 is 0 Å². The monoisotopic (exact) mass is 384 g/mol. The predicted molar refractivity (Wildman–Crippen MR) is 110 cm³/mol.